The Hall–Kier alpha value is -2.25. The highest BCUT2D eigenvalue weighted by Gasteiger charge is 2.11. The molecular formula is C16H13N3O2S2. The van der Waals surface area contributed by atoms with Crippen LogP contribution in [-0.2, 0) is 13.0 Å². The van der Waals surface area contributed by atoms with E-state index in [1.165, 1.54) is 4.88 Å². The molecule has 0 saturated carbocycles. The van der Waals surface area contributed by atoms with E-state index in [0.29, 0.717) is 23.5 Å². The summed E-state index contributed by atoms with van der Waals surface area (Å²) in [7, 11) is 0. The Bertz CT molecular complexity index is 1010. The van der Waals surface area contributed by atoms with Crippen LogP contribution in [0.5, 0.6) is 0 Å². The fourth-order valence-electron chi connectivity index (χ4n) is 2.36. The third-order valence-electron chi connectivity index (χ3n) is 3.53. The van der Waals surface area contributed by atoms with Crippen molar-refractivity contribution in [1.82, 2.24) is 14.5 Å². The molecule has 0 amide bonds. The van der Waals surface area contributed by atoms with Gasteiger partial charge in [-0.1, -0.05) is 13.0 Å². The van der Waals surface area contributed by atoms with Crippen LogP contribution in [0.4, 0.5) is 0 Å². The lowest BCUT2D eigenvalue weighted by Gasteiger charge is -2.01. The van der Waals surface area contributed by atoms with Crippen molar-refractivity contribution in [3.05, 3.63) is 57.1 Å². The topological polar surface area (TPSA) is 60.9 Å². The van der Waals surface area contributed by atoms with Crippen molar-refractivity contribution in [2.45, 2.75) is 19.9 Å². The van der Waals surface area contributed by atoms with Gasteiger partial charge in [0, 0.05) is 4.88 Å². The second-order valence-corrected chi connectivity index (χ2v) is 7.15. The average Bonchev–Trinajstić information content (AvgIpc) is 3.29. The van der Waals surface area contributed by atoms with Gasteiger partial charge in [0.05, 0.1) is 28.8 Å². The number of aromatic nitrogens is 3. The van der Waals surface area contributed by atoms with E-state index in [1.807, 2.05) is 23.6 Å². The van der Waals surface area contributed by atoms with Crippen molar-refractivity contribution in [1.29, 1.82) is 0 Å². The maximum atomic E-state index is 12.6. The zero-order valence-electron chi connectivity index (χ0n) is 12.4. The number of hydrogen-bond donors (Lipinski definition) is 0. The number of hydrogen-bond acceptors (Lipinski definition) is 6. The molecule has 0 aliphatic carbocycles. The predicted molar refractivity (Wildman–Crippen MR) is 92.2 cm³/mol. The van der Waals surface area contributed by atoms with E-state index in [4.69, 9.17) is 4.42 Å². The van der Waals surface area contributed by atoms with Gasteiger partial charge in [0.15, 0.2) is 0 Å². The smallest absolute Gasteiger partial charge is 0.262 e. The molecule has 0 unspecified atom stereocenters. The molecule has 0 spiro atoms. The van der Waals surface area contributed by atoms with E-state index in [9.17, 15) is 4.79 Å². The second-order valence-electron chi connectivity index (χ2n) is 5.08. The lowest BCUT2D eigenvalue weighted by atomic mass is 10.3. The third kappa shape index (κ3) is 2.62. The van der Waals surface area contributed by atoms with E-state index in [-0.39, 0.29) is 5.56 Å². The van der Waals surface area contributed by atoms with Crippen molar-refractivity contribution in [2.75, 3.05) is 0 Å². The number of nitrogens with zero attached hydrogens (tertiary/aromatic N) is 3. The van der Waals surface area contributed by atoms with Gasteiger partial charge in [0.2, 0.25) is 5.89 Å². The van der Waals surface area contributed by atoms with E-state index in [0.717, 1.165) is 16.1 Å². The van der Waals surface area contributed by atoms with Crippen LogP contribution in [0.3, 0.4) is 0 Å². The molecule has 0 fully saturated rings. The van der Waals surface area contributed by atoms with Crippen LogP contribution in [0, 0.1) is 0 Å². The highest BCUT2D eigenvalue weighted by molar-refractivity contribution is 7.18. The van der Waals surface area contributed by atoms with Crippen molar-refractivity contribution >= 4 is 32.9 Å². The van der Waals surface area contributed by atoms with Gasteiger partial charge in [-0.3, -0.25) is 9.36 Å². The molecular weight excluding hydrogens is 330 g/mol. The number of fused-ring (bicyclic) bond motifs is 1. The lowest BCUT2D eigenvalue weighted by Crippen LogP contribution is -2.20. The zero-order chi connectivity index (χ0) is 15.8. The first-order valence-electron chi connectivity index (χ1n) is 7.20. The molecule has 4 heterocycles. The minimum Gasteiger partial charge on any atom is -0.443 e. The van der Waals surface area contributed by atoms with E-state index >= 15 is 0 Å². The molecule has 0 N–H and O–H groups in total. The summed E-state index contributed by atoms with van der Waals surface area (Å²) in [6.45, 7) is 2.43. The summed E-state index contributed by atoms with van der Waals surface area (Å²) in [4.78, 5) is 24.3. The molecule has 4 rings (SSSR count). The average molecular weight is 343 g/mol. The maximum Gasteiger partial charge on any atom is 0.262 e. The third-order valence-corrected chi connectivity index (χ3v) is 5.58. The number of rotatable bonds is 4. The van der Waals surface area contributed by atoms with Crippen LogP contribution in [0.15, 0.2) is 45.4 Å². The van der Waals surface area contributed by atoms with Gasteiger partial charge >= 0.3 is 0 Å². The van der Waals surface area contributed by atoms with Gasteiger partial charge in [-0.05, 0) is 23.9 Å². The van der Waals surface area contributed by atoms with Crippen LogP contribution < -0.4 is 5.56 Å². The van der Waals surface area contributed by atoms with Crippen LogP contribution >= 0.6 is 22.7 Å². The Morgan fingerprint density at radius 3 is 3.09 bits per heavy atom. The summed E-state index contributed by atoms with van der Waals surface area (Å²) in [5.41, 5.74) is 0.675. The van der Waals surface area contributed by atoms with Crippen LogP contribution in [0.2, 0.25) is 0 Å². The van der Waals surface area contributed by atoms with Crippen molar-refractivity contribution in [2.24, 2.45) is 0 Å². The first-order chi connectivity index (χ1) is 11.2. The quantitative estimate of drug-likeness (QED) is 0.566. The van der Waals surface area contributed by atoms with Gasteiger partial charge in [-0.2, -0.15) is 0 Å². The summed E-state index contributed by atoms with van der Waals surface area (Å²) in [6.07, 6.45) is 4.09. The summed E-state index contributed by atoms with van der Waals surface area (Å²) < 4.78 is 7.07. The zero-order valence-corrected chi connectivity index (χ0v) is 14.0. The molecule has 7 heteroatoms. The van der Waals surface area contributed by atoms with E-state index in [1.54, 1.807) is 39.8 Å². The molecule has 0 saturated heterocycles. The molecule has 0 atom stereocenters. The Balaban J connectivity index is 1.67. The summed E-state index contributed by atoms with van der Waals surface area (Å²) in [6, 6.07) is 5.84. The molecule has 116 valence electrons. The Morgan fingerprint density at radius 2 is 2.30 bits per heavy atom. The molecule has 0 aromatic carbocycles. The maximum absolute atomic E-state index is 12.6. The normalized spacial score (nSPS) is 11.3. The largest absolute Gasteiger partial charge is 0.443 e. The number of thiophene rings is 2. The molecule has 0 radical (unpaired) electrons. The SMILES string of the molecule is CCc1cc2c(=O)n(Cc3coc(-c4cccs4)n3)cnc2s1. The lowest BCUT2D eigenvalue weighted by molar-refractivity contribution is 0.572. The van der Waals surface area contributed by atoms with Crippen LogP contribution in [-0.4, -0.2) is 14.5 Å². The molecule has 23 heavy (non-hydrogen) atoms. The minimum atomic E-state index is -0.0355. The highest BCUT2D eigenvalue weighted by atomic mass is 32.1. The Morgan fingerprint density at radius 1 is 1.39 bits per heavy atom. The fourth-order valence-corrected chi connectivity index (χ4v) is 3.95. The highest BCUT2D eigenvalue weighted by Crippen LogP contribution is 2.24. The first kappa shape index (κ1) is 14.3. The molecule has 5 nitrogen and oxygen atoms in total. The van der Waals surface area contributed by atoms with E-state index in [2.05, 4.69) is 16.9 Å². The van der Waals surface area contributed by atoms with Crippen molar-refractivity contribution in [3.63, 3.8) is 0 Å². The van der Waals surface area contributed by atoms with Crippen LogP contribution in [0.1, 0.15) is 17.5 Å². The van der Waals surface area contributed by atoms with Gasteiger partial charge < -0.3 is 4.42 Å². The standard InChI is InChI=1S/C16H13N3O2S2/c1-2-11-6-12-15(23-11)17-9-19(16(12)20)7-10-8-21-14(18-10)13-4-3-5-22-13/h3-6,8-9H,2,7H2,1H3. The molecule has 0 aliphatic rings. The molecule has 4 aromatic rings. The summed E-state index contributed by atoms with van der Waals surface area (Å²) in [5, 5.41) is 2.65. The minimum absolute atomic E-state index is 0.0355. The van der Waals surface area contributed by atoms with Crippen LogP contribution in [0.25, 0.3) is 21.0 Å². The first-order valence-corrected chi connectivity index (χ1v) is 8.90. The monoisotopic (exact) mass is 343 g/mol. The van der Waals surface area contributed by atoms with Gasteiger partial charge in [0.25, 0.3) is 5.56 Å². The fraction of sp³-hybridized carbons (Fsp3) is 0.188. The molecule has 0 aliphatic heterocycles. The van der Waals surface area contributed by atoms with Crippen molar-refractivity contribution < 1.29 is 4.42 Å². The van der Waals surface area contributed by atoms with Crippen molar-refractivity contribution in [3.8, 4) is 10.8 Å². The second kappa shape index (κ2) is 5.75. The summed E-state index contributed by atoms with van der Waals surface area (Å²) >= 11 is 3.14. The predicted octanol–water partition coefficient (Wildman–Crippen LogP) is 3.79. The van der Waals surface area contributed by atoms with E-state index < -0.39 is 0 Å². The number of oxazole rings is 1. The molecule has 0 bridgehead atoms. The van der Waals surface area contributed by atoms with Gasteiger partial charge in [-0.25, -0.2) is 9.97 Å². The van der Waals surface area contributed by atoms with Gasteiger partial charge in [0.1, 0.15) is 11.1 Å². The number of aryl methyl sites for hydroxylation is 1. The molecule has 4 aromatic heterocycles. The summed E-state index contributed by atoms with van der Waals surface area (Å²) in [5.74, 6) is 0.584. The Kier molecular flexibility index (Phi) is 3.59. The Labute approximate surface area is 139 Å². The van der Waals surface area contributed by atoms with Gasteiger partial charge in [-0.15, -0.1) is 22.7 Å².